The van der Waals surface area contributed by atoms with Crippen LogP contribution in [0.25, 0.3) is 10.9 Å². The van der Waals surface area contributed by atoms with Crippen molar-refractivity contribution in [1.29, 1.82) is 0 Å². The molecule has 3 heteroatoms. The Morgan fingerprint density at radius 2 is 2.00 bits per heavy atom. The SMILES string of the molecule is Cc1cc2ccccc2nc1NC(C)CCN(C)C. The summed E-state index contributed by atoms with van der Waals surface area (Å²) in [5.74, 6) is 1.00. The Balaban J connectivity index is 2.13. The Kier molecular flexibility index (Phi) is 4.38. The summed E-state index contributed by atoms with van der Waals surface area (Å²) >= 11 is 0. The molecule has 1 aromatic carbocycles. The molecule has 1 heterocycles. The highest BCUT2D eigenvalue weighted by Gasteiger charge is 2.07. The van der Waals surface area contributed by atoms with Crippen LogP contribution < -0.4 is 5.32 Å². The Labute approximate surface area is 115 Å². The predicted molar refractivity (Wildman–Crippen MR) is 82.7 cm³/mol. The quantitative estimate of drug-likeness (QED) is 0.891. The fourth-order valence-corrected chi connectivity index (χ4v) is 2.13. The van der Waals surface area contributed by atoms with E-state index < -0.39 is 0 Å². The average Bonchev–Trinajstić information content (AvgIpc) is 2.37. The van der Waals surface area contributed by atoms with Crippen LogP contribution in [0.1, 0.15) is 18.9 Å². The molecule has 0 aliphatic carbocycles. The number of benzene rings is 1. The maximum Gasteiger partial charge on any atom is 0.129 e. The zero-order chi connectivity index (χ0) is 13.8. The molecule has 19 heavy (non-hydrogen) atoms. The molecule has 0 spiro atoms. The van der Waals surface area contributed by atoms with Crippen LogP contribution in [0.2, 0.25) is 0 Å². The van der Waals surface area contributed by atoms with Gasteiger partial charge in [0.25, 0.3) is 0 Å². The highest BCUT2D eigenvalue weighted by Crippen LogP contribution is 2.20. The minimum absolute atomic E-state index is 0.426. The summed E-state index contributed by atoms with van der Waals surface area (Å²) in [6, 6.07) is 10.9. The summed E-state index contributed by atoms with van der Waals surface area (Å²) in [5, 5.41) is 4.72. The number of nitrogens with one attached hydrogen (secondary N) is 1. The van der Waals surface area contributed by atoms with E-state index in [1.165, 1.54) is 10.9 Å². The number of pyridine rings is 1. The second-order valence-corrected chi connectivity index (χ2v) is 5.48. The van der Waals surface area contributed by atoms with Crippen LogP contribution in [0.4, 0.5) is 5.82 Å². The van der Waals surface area contributed by atoms with Gasteiger partial charge in [0, 0.05) is 11.4 Å². The first-order chi connectivity index (χ1) is 9.06. The van der Waals surface area contributed by atoms with Gasteiger partial charge in [-0.3, -0.25) is 0 Å². The van der Waals surface area contributed by atoms with Gasteiger partial charge in [-0.15, -0.1) is 0 Å². The topological polar surface area (TPSA) is 28.2 Å². The number of hydrogen-bond acceptors (Lipinski definition) is 3. The monoisotopic (exact) mass is 257 g/mol. The van der Waals surface area contributed by atoms with Crippen molar-refractivity contribution in [3.8, 4) is 0 Å². The Bertz CT molecular complexity index is 549. The van der Waals surface area contributed by atoms with Crippen molar-refractivity contribution in [1.82, 2.24) is 9.88 Å². The molecule has 0 amide bonds. The molecular formula is C16H23N3. The lowest BCUT2D eigenvalue weighted by Gasteiger charge is -2.18. The zero-order valence-electron chi connectivity index (χ0n) is 12.3. The van der Waals surface area contributed by atoms with E-state index in [9.17, 15) is 0 Å². The molecular weight excluding hydrogens is 234 g/mol. The van der Waals surface area contributed by atoms with Gasteiger partial charge >= 0.3 is 0 Å². The lowest BCUT2D eigenvalue weighted by Crippen LogP contribution is -2.23. The second kappa shape index (κ2) is 6.02. The zero-order valence-corrected chi connectivity index (χ0v) is 12.3. The van der Waals surface area contributed by atoms with Gasteiger partial charge in [-0.05, 0) is 58.6 Å². The first kappa shape index (κ1) is 13.8. The first-order valence-corrected chi connectivity index (χ1v) is 6.84. The van der Waals surface area contributed by atoms with Crippen molar-refractivity contribution < 1.29 is 0 Å². The number of aryl methyl sites for hydroxylation is 1. The molecule has 2 aromatic rings. The molecule has 1 aromatic heterocycles. The molecule has 0 bridgehead atoms. The molecule has 0 fully saturated rings. The number of para-hydroxylation sites is 1. The normalized spacial score (nSPS) is 12.9. The summed E-state index contributed by atoms with van der Waals surface area (Å²) in [4.78, 5) is 6.92. The molecule has 0 aliphatic heterocycles. The summed E-state index contributed by atoms with van der Waals surface area (Å²) in [6.07, 6.45) is 1.11. The summed E-state index contributed by atoms with van der Waals surface area (Å²) in [6.45, 7) is 5.40. The predicted octanol–water partition coefficient (Wildman–Crippen LogP) is 3.30. The maximum atomic E-state index is 4.72. The van der Waals surface area contributed by atoms with Gasteiger partial charge in [-0.1, -0.05) is 18.2 Å². The van der Waals surface area contributed by atoms with Gasteiger partial charge < -0.3 is 10.2 Å². The van der Waals surface area contributed by atoms with E-state index in [0.717, 1.165) is 24.3 Å². The standard InChI is InChI=1S/C16H23N3/c1-12-11-14-7-5-6-8-15(14)18-16(12)17-13(2)9-10-19(3)4/h5-8,11,13H,9-10H2,1-4H3,(H,17,18). The van der Waals surface area contributed by atoms with E-state index in [1.54, 1.807) is 0 Å². The summed E-state index contributed by atoms with van der Waals surface area (Å²) in [5.41, 5.74) is 2.26. The molecule has 102 valence electrons. The Morgan fingerprint density at radius 1 is 1.26 bits per heavy atom. The van der Waals surface area contributed by atoms with Gasteiger partial charge in [-0.25, -0.2) is 4.98 Å². The van der Waals surface area contributed by atoms with Crippen LogP contribution in [-0.2, 0) is 0 Å². The van der Waals surface area contributed by atoms with Crippen LogP contribution >= 0.6 is 0 Å². The lowest BCUT2D eigenvalue weighted by atomic mass is 10.1. The molecule has 0 radical (unpaired) electrons. The molecule has 1 N–H and O–H groups in total. The highest BCUT2D eigenvalue weighted by atomic mass is 15.1. The molecule has 0 saturated heterocycles. The van der Waals surface area contributed by atoms with Crippen LogP contribution in [-0.4, -0.2) is 36.6 Å². The van der Waals surface area contributed by atoms with Crippen LogP contribution in [0.3, 0.4) is 0 Å². The fraction of sp³-hybridized carbons (Fsp3) is 0.438. The van der Waals surface area contributed by atoms with Crippen LogP contribution in [0, 0.1) is 6.92 Å². The largest absolute Gasteiger partial charge is 0.367 e. The van der Waals surface area contributed by atoms with E-state index in [-0.39, 0.29) is 0 Å². The van der Waals surface area contributed by atoms with E-state index in [4.69, 9.17) is 4.98 Å². The van der Waals surface area contributed by atoms with Crippen molar-refractivity contribution in [2.45, 2.75) is 26.3 Å². The number of rotatable bonds is 5. The van der Waals surface area contributed by atoms with E-state index in [1.807, 2.05) is 6.07 Å². The van der Waals surface area contributed by atoms with E-state index in [0.29, 0.717) is 6.04 Å². The van der Waals surface area contributed by atoms with E-state index >= 15 is 0 Å². The number of aromatic nitrogens is 1. The molecule has 3 nitrogen and oxygen atoms in total. The third-order valence-electron chi connectivity index (χ3n) is 3.31. The van der Waals surface area contributed by atoms with Crippen LogP contribution in [0.5, 0.6) is 0 Å². The third-order valence-corrected chi connectivity index (χ3v) is 3.31. The van der Waals surface area contributed by atoms with Crippen molar-refractivity contribution >= 4 is 16.7 Å². The molecule has 2 rings (SSSR count). The lowest BCUT2D eigenvalue weighted by molar-refractivity contribution is 0.390. The minimum Gasteiger partial charge on any atom is -0.367 e. The highest BCUT2D eigenvalue weighted by molar-refractivity contribution is 5.81. The molecule has 0 saturated carbocycles. The van der Waals surface area contributed by atoms with E-state index in [2.05, 4.69) is 62.4 Å². The number of hydrogen-bond donors (Lipinski definition) is 1. The Hall–Kier alpha value is -1.61. The number of fused-ring (bicyclic) bond motifs is 1. The second-order valence-electron chi connectivity index (χ2n) is 5.48. The smallest absolute Gasteiger partial charge is 0.129 e. The van der Waals surface area contributed by atoms with Crippen molar-refractivity contribution in [2.24, 2.45) is 0 Å². The van der Waals surface area contributed by atoms with Crippen molar-refractivity contribution in [3.05, 3.63) is 35.9 Å². The Morgan fingerprint density at radius 3 is 2.74 bits per heavy atom. The third kappa shape index (κ3) is 3.67. The molecule has 1 unspecified atom stereocenters. The summed E-state index contributed by atoms with van der Waals surface area (Å²) < 4.78 is 0. The number of nitrogens with zero attached hydrogens (tertiary/aromatic N) is 2. The molecule has 1 atom stereocenters. The molecule has 0 aliphatic rings. The summed E-state index contributed by atoms with van der Waals surface area (Å²) in [7, 11) is 4.21. The van der Waals surface area contributed by atoms with Gasteiger partial charge in [0.05, 0.1) is 5.52 Å². The van der Waals surface area contributed by atoms with Crippen molar-refractivity contribution in [3.63, 3.8) is 0 Å². The van der Waals surface area contributed by atoms with Gasteiger partial charge in [0.1, 0.15) is 5.82 Å². The van der Waals surface area contributed by atoms with Crippen molar-refractivity contribution in [2.75, 3.05) is 26.0 Å². The van der Waals surface area contributed by atoms with Gasteiger partial charge in [0.2, 0.25) is 0 Å². The van der Waals surface area contributed by atoms with Crippen LogP contribution in [0.15, 0.2) is 30.3 Å². The minimum atomic E-state index is 0.426. The maximum absolute atomic E-state index is 4.72. The fourth-order valence-electron chi connectivity index (χ4n) is 2.13. The first-order valence-electron chi connectivity index (χ1n) is 6.84. The number of anilines is 1. The van der Waals surface area contributed by atoms with Gasteiger partial charge in [-0.2, -0.15) is 0 Å². The average molecular weight is 257 g/mol. The van der Waals surface area contributed by atoms with Gasteiger partial charge in [0.15, 0.2) is 0 Å².